The van der Waals surface area contributed by atoms with Crippen molar-refractivity contribution in [3.05, 3.63) is 24.0 Å². The molecular formula is C19H28FN3O4. The Bertz CT molecular complexity index is 621. The summed E-state index contributed by atoms with van der Waals surface area (Å²) in [6.45, 7) is 6.58. The van der Waals surface area contributed by atoms with Gasteiger partial charge in [-0.25, -0.2) is 4.39 Å². The highest BCUT2D eigenvalue weighted by Crippen LogP contribution is 2.20. The second kappa shape index (κ2) is 11.6. The van der Waals surface area contributed by atoms with Crippen LogP contribution in [0.3, 0.4) is 0 Å². The molecule has 7 nitrogen and oxygen atoms in total. The lowest BCUT2D eigenvalue weighted by Crippen LogP contribution is -2.38. The molecule has 0 bridgehead atoms. The molecule has 0 atom stereocenters. The lowest BCUT2D eigenvalue weighted by Gasteiger charge is -2.26. The fraction of sp³-hybridized carbons (Fsp3) is 0.579. The van der Waals surface area contributed by atoms with E-state index in [0.717, 1.165) is 13.1 Å². The number of hydrogen-bond donors (Lipinski definition) is 2. The quantitative estimate of drug-likeness (QED) is 0.608. The molecule has 150 valence electrons. The van der Waals surface area contributed by atoms with Gasteiger partial charge < -0.3 is 20.1 Å². The number of benzene rings is 1. The lowest BCUT2D eigenvalue weighted by molar-refractivity contribution is -0.117. The maximum atomic E-state index is 14.0. The highest BCUT2D eigenvalue weighted by Gasteiger charge is 2.14. The van der Waals surface area contributed by atoms with Crippen molar-refractivity contribution in [3.63, 3.8) is 0 Å². The van der Waals surface area contributed by atoms with Gasteiger partial charge in [0.15, 0.2) is 0 Å². The van der Waals surface area contributed by atoms with Crippen LogP contribution in [0.15, 0.2) is 18.2 Å². The molecule has 0 unspecified atom stereocenters. The van der Waals surface area contributed by atoms with Crippen molar-refractivity contribution >= 4 is 23.2 Å². The van der Waals surface area contributed by atoms with Crippen molar-refractivity contribution in [3.8, 4) is 0 Å². The van der Waals surface area contributed by atoms with Crippen LogP contribution in [0.1, 0.15) is 26.2 Å². The second-order valence-corrected chi connectivity index (χ2v) is 6.30. The van der Waals surface area contributed by atoms with Crippen molar-refractivity contribution in [1.29, 1.82) is 0 Å². The number of anilines is 2. The van der Waals surface area contributed by atoms with Gasteiger partial charge >= 0.3 is 0 Å². The Morgan fingerprint density at radius 2 is 1.93 bits per heavy atom. The molecule has 1 fully saturated rings. The van der Waals surface area contributed by atoms with Crippen molar-refractivity contribution in [2.75, 3.05) is 56.7 Å². The van der Waals surface area contributed by atoms with Gasteiger partial charge in [-0.15, -0.1) is 0 Å². The first-order valence-corrected chi connectivity index (χ1v) is 9.35. The topological polar surface area (TPSA) is 79.9 Å². The summed E-state index contributed by atoms with van der Waals surface area (Å²) in [6, 6.07) is 4.13. The Morgan fingerprint density at radius 3 is 2.67 bits per heavy atom. The third-order valence-electron chi connectivity index (χ3n) is 4.18. The van der Waals surface area contributed by atoms with Crippen LogP contribution < -0.4 is 10.6 Å². The maximum Gasteiger partial charge on any atom is 0.225 e. The first-order chi connectivity index (χ1) is 13.1. The van der Waals surface area contributed by atoms with Gasteiger partial charge in [-0.2, -0.15) is 0 Å². The Kier molecular flexibility index (Phi) is 9.17. The minimum atomic E-state index is -0.538. The monoisotopic (exact) mass is 381 g/mol. The zero-order valence-electron chi connectivity index (χ0n) is 15.8. The minimum Gasteiger partial charge on any atom is -0.382 e. The van der Waals surface area contributed by atoms with E-state index in [1.807, 2.05) is 6.92 Å². The van der Waals surface area contributed by atoms with E-state index in [0.29, 0.717) is 51.5 Å². The Hall–Kier alpha value is -2.03. The van der Waals surface area contributed by atoms with E-state index in [9.17, 15) is 14.0 Å². The number of nitrogens with zero attached hydrogens (tertiary/aromatic N) is 1. The van der Waals surface area contributed by atoms with Gasteiger partial charge in [-0.05, 0) is 31.5 Å². The van der Waals surface area contributed by atoms with Gasteiger partial charge in [0.05, 0.1) is 18.9 Å². The predicted octanol–water partition coefficient (Wildman–Crippen LogP) is 2.24. The number of carbonyl (C=O) groups excluding carboxylic acids is 2. The molecule has 2 N–H and O–H groups in total. The van der Waals surface area contributed by atoms with Gasteiger partial charge in [-0.3, -0.25) is 14.5 Å². The van der Waals surface area contributed by atoms with Gasteiger partial charge in [0.25, 0.3) is 0 Å². The van der Waals surface area contributed by atoms with Crippen LogP contribution >= 0.6 is 0 Å². The van der Waals surface area contributed by atoms with E-state index >= 15 is 0 Å². The number of morpholine rings is 1. The third kappa shape index (κ3) is 8.03. The predicted molar refractivity (Wildman–Crippen MR) is 101 cm³/mol. The molecule has 2 amide bonds. The molecule has 1 aliphatic rings. The summed E-state index contributed by atoms with van der Waals surface area (Å²) < 4.78 is 24.4. The number of amides is 2. The van der Waals surface area contributed by atoms with Crippen LogP contribution in [0, 0.1) is 5.82 Å². The largest absolute Gasteiger partial charge is 0.382 e. The number of hydrogen-bond acceptors (Lipinski definition) is 5. The first-order valence-electron chi connectivity index (χ1n) is 9.35. The van der Waals surface area contributed by atoms with E-state index in [2.05, 4.69) is 15.5 Å². The van der Waals surface area contributed by atoms with Crippen molar-refractivity contribution in [2.24, 2.45) is 0 Å². The average molecular weight is 381 g/mol. The highest BCUT2D eigenvalue weighted by molar-refractivity contribution is 5.94. The third-order valence-corrected chi connectivity index (χ3v) is 4.18. The number of carbonyl (C=O) groups is 2. The fourth-order valence-corrected chi connectivity index (χ4v) is 2.70. The van der Waals surface area contributed by atoms with E-state index in [-0.39, 0.29) is 23.9 Å². The molecule has 1 heterocycles. The molecule has 1 saturated heterocycles. The van der Waals surface area contributed by atoms with Crippen LogP contribution in [0.5, 0.6) is 0 Å². The van der Waals surface area contributed by atoms with Crippen LogP contribution in [0.4, 0.5) is 15.8 Å². The van der Waals surface area contributed by atoms with Gasteiger partial charge in [0, 0.05) is 51.4 Å². The fourth-order valence-electron chi connectivity index (χ4n) is 2.70. The molecule has 1 aliphatic heterocycles. The molecule has 0 radical (unpaired) electrons. The molecule has 27 heavy (non-hydrogen) atoms. The summed E-state index contributed by atoms with van der Waals surface area (Å²) in [7, 11) is 0. The van der Waals surface area contributed by atoms with E-state index < -0.39 is 5.82 Å². The number of ether oxygens (including phenoxy) is 2. The number of rotatable bonds is 10. The van der Waals surface area contributed by atoms with Gasteiger partial charge in [-0.1, -0.05) is 0 Å². The van der Waals surface area contributed by atoms with Crippen molar-refractivity contribution in [2.45, 2.75) is 26.2 Å². The smallest absolute Gasteiger partial charge is 0.225 e. The highest BCUT2D eigenvalue weighted by atomic mass is 19.1. The summed E-state index contributed by atoms with van der Waals surface area (Å²) in [4.78, 5) is 26.2. The zero-order chi connectivity index (χ0) is 19.5. The molecular weight excluding hydrogens is 353 g/mol. The molecule has 0 aliphatic carbocycles. The molecule has 8 heteroatoms. The molecule has 1 aromatic rings. The number of halogens is 1. The summed E-state index contributed by atoms with van der Waals surface area (Å²) in [5.74, 6) is -0.976. The second-order valence-electron chi connectivity index (χ2n) is 6.30. The zero-order valence-corrected chi connectivity index (χ0v) is 15.8. The first kappa shape index (κ1) is 21.3. The molecule has 0 aromatic heterocycles. The van der Waals surface area contributed by atoms with E-state index in [4.69, 9.17) is 9.47 Å². The van der Waals surface area contributed by atoms with Crippen molar-refractivity contribution in [1.82, 2.24) is 4.90 Å². The molecule has 0 saturated carbocycles. The Balaban J connectivity index is 1.80. The van der Waals surface area contributed by atoms with Crippen molar-refractivity contribution < 1.29 is 23.5 Å². The van der Waals surface area contributed by atoms with Gasteiger partial charge in [0.1, 0.15) is 5.82 Å². The lowest BCUT2D eigenvalue weighted by atomic mass is 10.2. The minimum absolute atomic E-state index is 0.0640. The average Bonchev–Trinajstić information content (AvgIpc) is 2.67. The SMILES string of the molecule is CCOCCCC(=O)Nc1ccc(F)c(NC(=O)CCN2CCOCC2)c1. The molecule has 2 rings (SSSR count). The van der Waals surface area contributed by atoms with Crippen LogP contribution in [0.25, 0.3) is 0 Å². The standard InChI is InChI=1S/C19H28FN3O4/c1-2-26-11-3-4-18(24)21-15-5-6-16(20)17(14-15)22-19(25)7-8-23-9-12-27-13-10-23/h5-6,14H,2-4,7-13H2,1H3,(H,21,24)(H,22,25). The van der Waals surface area contributed by atoms with E-state index in [1.54, 1.807) is 0 Å². The van der Waals surface area contributed by atoms with Crippen LogP contribution in [0.2, 0.25) is 0 Å². The Morgan fingerprint density at radius 1 is 1.19 bits per heavy atom. The van der Waals surface area contributed by atoms with E-state index in [1.165, 1.54) is 18.2 Å². The van der Waals surface area contributed by atoms with Crippen LogP contribution in [-0.2, 0) is 19.1 Å². The number of nitrogens with one attached hydrogen (secondary N) is 2. The van der Waals surface area contributed by atoms with Crippen LogP contribution in [-0.4, -0.2) is 62.8 Å². The summed E-state index contributed by atoms with van der Waals surface area (Å²) in [6.07, 6.45) is 1.21. The summed E-state index contributed by atoms with van der Waals surface area (Å²) >= 11 is 0. The summed E-state index contributed by atoms with van der Waals surface area (Å²) in [5.41, 5.74) is 0.510. The normalized spacial score (nSPS) is 14.7. The van der Waals surface area contributed by atoms with Gasteiger partial charge in [0.2, 0.25) is 11.8 Å². The Labute approximate surface area is 159 Å². The molecule has 0 spiro atoms. The summed E-state index contributed by atoms with van der Waals surface area (Å²) in [5, 5.41) is 5.29. The maximum absolute atomic E-state index is 14.0. The molecule has 1 aromatic carbocycles.